The predicted octanol–water partition coefficient (Wildman–Crippen LogP) is 1.45. The van der Waals surface area contributed by atoms with E-state index in [0.717, 1.165) is 24.6 Å². The molecule has 15 heavy (non-hydrogen) atoms. The highest BCUT2D eigenvalue weighted by Crippen LogP contribution is 2.26. The lowest BCUT2D eigenvalue weighted by molar-refractivity contribution is 0.262. The molecule has 6 heteroatoms. The first kappa shape index (κ1) is 11.2. The Bertz CT molecular complexity index is 318. The third kappa shape index (κ3) is 3.06. The van der Waals surface area contributed by atoms with Gasteiger partial charge in [-0.3, -0.25) is 4.90 Å². The number of thioether (sulfide) groups is 1. The molecule has 2 rings (SSSR count). The van der Waals surface area contributed by atoms with Crippen LogP contribution in [0.1, 0.15) is 18.9 Å². The highest BCUT2D eigenvalue weighted by molar-refractivity contribution is 8.00. The van der Waals surface area contributed by atoms with E-state index in [1.165, 1.54) is 11.3 Å². The normalized spacial score (nSPS) is 28.1. The van der Waals surface area contributed by atoms with E-state index in [4.69, 9.17) is 5.73 Å². The second-order valence-electron chi connectivity index (χ2n) is 3.99. The molecule has 1 aliphatic rings. The summed E-state index contributed by atoms with van der Waals surface area (Å²) in [6, 6.07) is 0. The Morgan fingerprint density at radius 2 is 2.00 bits per heavy atom. The average Bonchev–Trinajstić information content (AvgIpc) is 2.49. The summed E-state index contributed by atoms with van der Waals surface area (Å²) in [5.41, 5.74) is 5.56. The minimum atomic E-state index is 0.567. The molecule has 2 atom stereocenters. The van der Waals surface area contributed by atoms with Crippen LogP contribution in [0.4, 0.5) is 5.13 Å². The fourth-order valence-corrected chi connectivity index (χ4v) is 3.97. The molecule has 0 bridgehead atoms. The van der Waals surface area contributed by atoms with E-state index in [0.29, 0.717) is 15.6 Å². The van der Waals surface area contributed by atoms with Crippen molar-refractivity contribution in [3.63, 3.8) is 0 Å². The van der Waals surface area contributed by atoms with Crippen LogP contribution in [0.3, 0.4) is 0 Å². The van der Waals surface area contributed by atoms with E-state index < -0.39 is 0 Å². The van der Waals surface area contributed by atoms with E-state index in [1.807, 2.05) is 0 Å². The van der Waals surface area contributed by atoms with Crippen LogP contribution in [-0.4, -0.2) is 38.7 Å². The lowest BCUT2D eigenvalue weighted by Gasteiger charge is -2.33. The van der Waals surface area contributed by atoms with Crippen LogP contribution in [-0.2, 0) is 6.54 Å². The molecule has 0 saturated carbocycles. The van der Waals surface area contributed by atoms with Crippen LogP contribution in [0.15, 0.2) is 0 Å². The Morgan fingerprint density at radius 1 is 1.33 bits per heavy atom. The molecule has 2 unspecified atom stereocenters. The summed E-state index contributed by atoms with van der Waals surface area (Å²) in [6.07, 6.45) is 0. The van der Waals surface area contributed by atoms with Crippen LogP contribution in [0.5, 0.6) is 0 Å². The molecule has 0 aliphatic carbocycles. The SMILES string of the molecule is CC1CN(Cc2nnc(N)s2)CC(C)S1. The Hall–Kier alpha value is -0.330. The van der Waals surface area contributed by atoms with E-state index in [9.17, 15) is 0 Å². The molecule has 0 aromatic carbocycles. The molecule has 1 aliphatic heterocycles. The van der Waals surface area contributed by atoms with Crippen molar-refractivity contribution in [1.29, 1.82) is 0 Å². The first-order valence-electron chi connectivity index (χ1n) is 5.09. The van der Waals surface area contributed by atoms with Crippen LogP contribution in [0.2, 0.25) is 0 Å². The molecule has 2 heterocycles. The van der Waals surface area contributed by atoms with Crippen molar-refractivity contribution in [2.45, 2.75) is 30.9 Å². The van der Waals surface area contributed by atoms with Gasteiger partial charge in [-0.25, -0.2) is 0 Å². The van der Waals surface area contributed by atoms with Gasteiger partial charge in [-0.05, 0) is 0 Å². The molecule has 0 radical (unpaired) electrons. The molecule has 1 fully saturated rings. The van der Waals surface area contributed by atoms with Crippen LogP contribution in [0.25, 0.3) is 0 Å². The lowest BCUT2D eigenvalue weighted by atomic mass is 10.3. The zero-order chi connectivity index (χ0) is 10.8. The zero-order valence-electron chi connectivity index (χ0n) is 9.01. The van der Waals surface area contributed by atoms with E-state index in [-0.39, 0.29) is 0 Å². The van der Waals surface area contributed by atoms with Crippen LogP contribution < -0.4 is 5.73 Å². The average molecular weight is 244 g/mol. The van der Waals surface area contributed by atoms with Crippen molar-refractivity contribution in [3.8, 4) is 0 Å². The predicted molar refractivity (Wildman–Crippen MR) is 66.1 cm³/mol. The Balaban J connectivity index is 1.94. The molecule has 0 spiro atoms. The smallest absolute Gasteiger partial charge is 0.203 e. The quantitative estimate of drug-likeness (QED) is 0.853. The Morgan fingerprint density at radius 3 is 2.53 bits per heavy atom. The molecular formula is C9H16N4S2. The number of nitrogen functional groups attached to an aromatic ring is 1. The first-order valence-corrected chi connectivity index (χ1v) is 6.85. The molecule has 1 aromatic heterocycles. The van der Waals surface area contributed by atoms with Gasteiger partial charge in [0.05, 0.1) is 6.54 Å². The molecule has 2 N–H and O–H groups in total. The largest absolute Gasteiger partial charge is 0.374 e. The van der Waals surface area contributed by atoms with Crippen LogP contribution >= 0.6 is 23.1 Å². The number of nitrogens with zero attached hydrogens (tertiary/aromatic N) is 3. The summed E-state index contributed by atoms with van der Waals surface area (Å²) in [5.74, 6) is 0. The van der Waals surface area contributed by atoms with Gasteiger partial charge in [0.2, 0.25) is 5.13 Å². The van der Waals surface area contributed by atoms with Gasteiger partial charge in [0, 0.05) is 23.6 Å². The summed E-state index contributed by atoms with van der Waals surface area (Å²) in [4.78, 5) is 2.44. The maximum absolute atomic E-state index is 5.56. The molecule has 4 nitrogen and oxygen atoms in total. The van der Waals surface area contributed by atoms with Gasteiger partial charge >= 0.3 is 0 Å². The maximum Gasteiger partial charge on any atom is 0.203 e. The number of rotatable bonds is 2. The summed E-state index contributed by atoms with van der Waals surface area (Å²) in [6.45, 7) is 7.72. The van der Waals surface area contributed by atoms with Gasteiger partial charge < -0.3 is 5.73 Å². The van der Waals surface area contributed by atoms with Gasteiger partial charge in [-0.2, -0.15) is 11.8 Å². The second-order valence-corrected chi connectivity index (χ2v) is 6.96. The number of nitrogens with two attached hydrogens (primary N) is 1. The highest BCUT2D eigenvalue weighted by atomic mass is 32.2. The van der Waals surface area contributed by atoms with E-state index in [1.54, 1.807) is 0 Å². The molecule has 84 valence electrons. The van der Waals surface area contributed by atoms with Gasteiger partial charge in [-0.1, -0.05) is 25.2 Å². The third-order valence-corrected chi connectivity index (χ3v) is 4.30. The van der Waals surface area contributed by atoms with E-state index >= 15 is 0 Å². The summed E-state index contributed by atoms with van der Waals surface area (Å²) in [5, 5.41) is 10.9. The van der Waals surface area contributed by atoms with Crippen molar-refractivity contribution in [1.82, 2.24) is 15.1 Å². The van der Waals surface area contributed by atoms with Crippen molar-refractivity contribution in [3.05, 3.63) is 5.01 Å². The monoisotopic (exact) mass is 244 g/mol. The Kier molecular flexibility index (Phi) is 3.48. The first-order chi connectivity index (χ1) is 7.13. The summed E-state index contributed by atoms with van der Waals surface area (Å²) < 4.78 is 0. The number of hydrogen-bond acceptors (Lipinski definition) is 6. The lowest BCUT2D eigenvalue weighted by Crippen LogP contribution is -2.39. The topological polar surface area (TPSA) is 55.0 Å². The molecule has 1 saturated heterocycles. The van der Waals surface area contributed by atoms with Gasteiger partial charge in [-0.15, -0.1) is 10.2 Å². The zero-order valence-corrected chi connectivity index (χ0v) is 10.6. The number of anilines is 1. The maximum atomic E-state index is 5.56. The number of hydrogen-bond donors (Lipinski definition) is 1. The minimum absolute atomic E-state index is 0.567. The third-order valence-electron chi connectivity index (χ3n) is 2.34. The van der Waals surface area contributed by atoms with Gasteiger partial charge in [0.1, 0.15) is 5.01 Å². The molecular weight excluding hydrogens is 228 g/mol. The van der Waals surface area contributed by atoms with E-state index in [2.05, 4.69) is 40.7 Å². The minimum Gasteiger partial charge on any atom is -0.374 e. The van der Waals surface area contributed by atoms with Gasteiger partial charge in [0.25, 0.3) is 0 Å². The molecule has 1 aromatic rings. The van der Waals surface area contributed by atoms with Crippen molar-refractivity contribution in [2.24, 2.45) is 0 Å². The van der Waals surface area contributed by atoms with Gasteiger partial charge in [0.15, 0.2) is 0 Å². The number of aromatic nitrogens is 2. The van der Waals surface area contributed by atoms with Crippen LogP contribution in [0, 0.1) is 0 Å². The Labute approximate surface area is 98.3 Å². The summed E-state index contributed by atoms with van der Waals surface area (Å²) >= 11 is 3.55. The fraction of sp³-hybridized carbons (Fsp3) is 0.778. The highest BCUT2D eigenvalue weighted by Gasteiger charge is 2.22. The standard InChI is InChI=1S/C9H16N4S2/c1-6-3-13(4-7(2)14-6)5-8-11-12-9(10)15-8/h6-7H,3-5H2,1-2H3,(H2,10,12). The van der Waals surface area contributed by atoms with Crippen molar-refractivity contribution >= 4 is 28.2 Å². The van der Waals surface area contributed by atoms with Crippen molar-refractivity contribution < 1.29 is 0 Å². The second kappa shape index (κ2) is 4.67. The summed E-state index contributed by atoms with van der Waals surface area (Å²) in [7, 11) is 0. The van der Waals surface area contributed by atoms with Crippen molar-refractivity contribution in [2.75, 3.05) is 18.8 Å². The fourth-order valence-electron chi connectivity index (χ4n) is 1.94. The molecule has 0 amide bonds.